The minimum Gasteiger partial charge on any atom is -0.469 e. The monoisotopic (exact) mass is 748 g/mol. The van der Waals surface area contributed by atoms with Crippen molar-refractivity contribution in [3.05, 3.63) is 45.1 Å². The third-order valence-corrected chi connectivity index (χ3v) is 15.3. The molecular formula is C41H48O13. The predicted molar refractivity (Wildman–Crippen MR) is 185 cm³/mol. The van der Waals surface area contributed by atoms with Crippen LogP contribution in [0.4, 0.5) is 0 Å². The summed E-state index contributed by atoms with van der Waals surface area (Å²) in [6.07, 6.45) is 1.75. The molecule has 1 aliphatic heterocycles. The number of aliphatic hydroxyl groups excluding tert-OH is 1. The van der Waals surface area contributed by atoms with Gasteiger partial charge in [-0.3, -0.25) is 14.4 Å². The van der Waals surface area contributed by atoms with Crippen LogP contribution < -0.4 is 0 Å². The van der Waals surface area contributed by atoms with Crippen molar-refractivity contribution >= 4 is 35.6 Å². The fourth-order valence-corrected chi connectivity index (χ4v) is 12.5. The van der Waals surface area contributed by atoms with Gasteiger partial charge >= 0.3 is 29.8 Å². The SMILES string of the molecule is C/C=C(\C)C(=O)OC[C@]1(O)C2CC2[C@@]2(C)C1CC1=C(COC(=O)CCC(=O)OC)C(=O)O[C@@]13[C@@H]1C4=C(C[C@@H]23)[C@H]2C[C@H]2[C@]4(C)[C@@H](O)C(=O)/C1=C(/C)C(=O)OC. The second-order valence-corrected chi connectivity index (χ2v) is 17.1. The molecule has 8 rings (SSSR count). The first-order chi connectivity index (χ1) is 25.5. The van der Waals surface area contributed by atoms with E-state index in [-0.39, 0.29) is 66.3 Å². The summed E-state index contributed by atoms with van der Waals surface area (Å²) in [5.41, 5.74) is -1.71. The number of fused-ring (bicyclic) bond motifs is 7. The summed E-state index contributed by atoms with van der Waals surface area (Å²) in [6, 6.07) is 0. The van der Waals surface area contributed by atoms with Crippen LogP contribution in [0.5, 0.6) is 0 Å². The van der Waals surface area contributed by atoms with Crippen molar-refractivity contribution < 1.29 is 62.7 Å². The number of Topliss-reactive ketones (excluding diaryl/α,β-unsaturated/α-hetero) is 1. The third kappa shape index (κ3) is 4.51. The number of allylic oxidation sites excluding steroid dienone is 2. The highest BCUT2D eigenvalue weighted by molar-refractivity contribution is 6.09. The molecule has 7 aliphatic carbocycles. The maximum atomic E-state index is 14.6. The Kier molecular flexibility index (Phi) is 8.16. The molecule has 0 bridgehead atoms. The normalized spacial score (nSPS) is 42.8. The number of hydrogen-bond donors (Lipinski definition) is 2. The van der Waals surface area contributed by atoms with Crippen LogP contribution >= 0.6 is 0 Å². The summed E-state index contributed by atoms with van der Waals surface area (Å²) >= 11 is 0. The molecule has 5 fully saturated rings. The zero-order valence-electron chi connectivity index (χ0n) is 31.7. The van der Waals surface area contributed by atoms with Crippen LogP contribution in [0.2, 0.25) is 0 Å². The highest BCUT2D eigenvalue weighted by Crippen LogP contribution is 2.83. The van der Waals surface area contributed by atoms with Gasteiger partial charge in [0.2, 0.25) is 0 Å². The number of carbonyl (C=O) groups excluding carboxylic acids is 6. The number of ether oxygens (including phenoxy) is 5. The Morgan fingerprint density at radius 1 is 0.907 bits per heavy atom. The maximum absolute atomic E-state index is 14.6. The van der Waals surface area contributed by atoms with E-state index in [1.54, 1.807) is 19.9 Å². The zero-order chi connectivity index (χ0) is 39.0. The van der Waals surface area contributed by atoms with Crippen molar-refractivity contribution in [3.63, 3.8) is 0 Å². The van der Waals surface area contributed by atoms with Crippen molar-refractivity contribution in [3.8, 4) is 0 Å². The van der Waals surface area contributed by atoms with Crippen LogP contribution in [0.3, 0.4) is 0 Å². The third-order valence-electron chi connectivity index (χ3n) is 15.3. The smallest absolute Gasteiger partial charge is 0.338 e. The molecule has 0 aromatic heterocycles. The molecule has 1 spiro atoms. The quantitative estimate of drug-likeness (QED) is 0.152. The number of ketones is 1. The highest BCUT2D eigenvalue weighted by Gasteiger charge is 2.84. The van der Waals surface area contributed by atoms with Crippen molar-refractivity contribution in [2.45, 2.75) is 90.4 Å². The van der Waals surface area contributed by atoms with Gasteiger partial charge < -0.3 is 33.9 Å². The van der Waals surface area contributed by atoms with Crippen LogP contribution in [-0.2, 0) is 52.5 Å². The Labute approximate surface area is 313 Å². The van der Waals surface area contributed by atoms with Crippen LogP contribution in [0, 0.1) is 52.3 Å². The average molecular weight is 749 g/mol. The molecule has 12 atom stereocenters. The van der Waals surface area contributed by atoms with E-state index in [9.17, 15) is 39.0 Å². The summed E-state index contributed by atoms with van der Waals surface area (Å²) in [5.74, 6) is -6.07. The molecule has 0 aromatic carbocycles. The predicted octanol–water partition coefficient (Wildman–Crippen LogP) is 3.01. The maximum Gasteiger partial charge on any atom is 0.338 e. The van der Waals surface area contributed by atoms with Gasteiger partial charge in [-0.15, -0.1) is 0 Å². The van der Waals surface area contributed by atoms with Crippen molar-refractivity contribution in [2.24, 2.45) is 52.3 Å². The summed E-state index contributed by atoms with van der Waals surface area (Å²) in [6.45, 7) is 8.14. The number of methoxy groups -OCH3 is 2. The Bertz CT molecular complexity index is 1950. The van der Waals surface area contributed by atoms with E-state index in [4.69, 9.17) is 18.9 Å². The number of rotatable bonds is 9. The topological polar surface area (TPSA) is 189 Å². The van der Waals surface area contributed by atoms with Gasteiger partial charge in [-0.2, -0.15) is 0 Å². The Balaban J connectivity index is 1.32. The lowest BCUT2D eigenvalue weighted by molar-refractivity contribution is -0.191. The zero-order valence-corrected chi connectivity index (χ0v) is 31.7. The fourth-order valence-electron chi connectivity index (χ4n) is 12.5. The van der Waals surface area contributed by atoms with Gasteiger partial charge in [0.1, 0.15) is 30.5 Å². The lowest BCUT2D eigenvalue weighted by Gasteiger charge is -2.63. The first kappa shape index (κ1) is 36.9. The van der Waals surface area contributed by atoms with E-state index in [0.29, 0.717) is 24.0 Å². The number of hydrogen-bond acceptors (Lipinski definition) is 13. The van der Waals surface area contributed by atoms with Crippen LogP contribution in [0.1, 0.15) is 73.1 Å². The summed E-state index contributed by atoms with van der Waals surface area (Å²) in [5, 5.41) is 24.6. The molecule has 0 aromatic rings. The fraction of sp³-hybridized carbons (Fsp3) is 0.659. The number of esters is 5. The molecule has 2 N–H and O–H groups in total. The first-order valence-corrected chi connectivity index (χ1v) is 18.9. The number of aliphatic hydroxyl groups is 2. The van der Waals surface area contributed by atoms with Gasteiger partial charge in [-0.25, -0.2) is 14.4 Å². The van der Waals surface area contributed by atoms with E-state index in [0.717, 1.165) is 17.6 Å². The van der Waals surface area contributed by atoms with Gasteiger partial charge in [0.15, 0.2) is 5.78 Å². The van der Waals surface area contributed by atoms with Crippen molar-refractivity contribution in [1.82, 2.24) is 0 Å². The van der Waals surface area contributed by atoms with Gasteiger partial charge in [0.25, 0.3) is 0 Å². The Morgan fingerprint density at radius 3 is 2.28 bits per heavy atom. The molecule has 8 aliphatic rings. The van der Waals surface area contributed by atoms with E-state index in [2.05, 4.69) is 11.7 Å². The first-order valence-electron chi connectivity index (χ1n) is 18.9. The summed E-state index contributed by atoms with van der Waals surface area (Å²) in [7, 11) is 2.43. The summed E-state index contributed by atoms with van der Waals surface area (Å²) < 4.78 is 27.9. The Hall–Kier alpha value is -4.10. The van der Waals surface area contributed by atoms with E-state index < -0.39 is 88.1 Å². The van der Waals surface area contributed by atoms with Crippen molar-refractivity contribution in [1.29, 1.82) is 0 Å². The molecule has 13 nitrogen and oxygen atoms in total. The van der Waals surface area contributed by atoms with Gasteiger partial charge in [0.05, 0.1) is 38.6 Å². The standard InChI is InChI=1S/C41H48O13/c1-8-17(2)35(46)53-16-40(49)25-13-24(25)38(4)26(40)14-23-21(15-52-29(43)10-9-28(42)50-6)37(48)54-41(23)27(38)12-20-19-11-22(19)39(5)31(20)32(41)30(33(44)34(39)45)18(3)36(47)51-7/h8,19,22,24-27,32,34,45,49H,9-16H2,1-7H3/b17-8+,30-18-/t19-,22-,24?,25?,26?,27+,32+,34+,38+,39+,40+,41+/m1/s1. The minimum atomic E-state index is -1.52. The van der Waals surface area contributed by atoms with Gasteiger partial charge in [0, 0.05) is 34.0 Å². The lowest BCUT2D eigenvalue weighted by Crippen LogP contribution is -2.67. The second kappa shape index (κ2) is 11.9. The minimum absolute atomic E-state index is 0.00712. The molecule has 0 radical (unpaired) electrons. The van der Waals surface area contributed by atoms with Gasteiger partial charge in [-0.05, 0) is 86.7 Å². The Morgan fingerprint density at radius 2 is 1.61 bits per heavy atom. The van der Waals surface area contributed by atoms with Crippen LogP contribution in [-0.4, -0.2) is 90.6 Å². The van der Waals surface area contributed by atoms with Crippen LogP contribution in [0.25, 0.3) is 0 Å². The highest BCUT2D eigenvalue weighted by atomic mass is 16.6. The van der Waals surface area contributed by atoms with Crippen molar-refractivity contribution in [2.75, 3.05) is 27.4 Å². The molecule has 5 saturated carbocycles. The molecule has 13 heteroatoms. The van der Waals surface area contributed by atoms with Crippen LogP contribution in [0.15, 0.2) is 45.1 Å². The molecular weight excluding hydrogens is 700 g/mol. The number of carbonyl (C=O) groups is 6. The van der Waals surface area contributed by atoms with Gasteiger partial charge in [-0.1, -0.05) is 25.5 Å². The molecule has 0 amide bonds. The van der Waals surface area contributed by atoms with E-state index >= 15 is 0 Å². The molecule has 54 heavy (non-hydrogen) atoms. The molecule has 290 valence electrons. The molecule has 0 saturated heterocycles. The summed E-state index contributed by atoms with van der Waals surface area (Å²) in [4.78, 5) is 79.8. The second-order valence-electron chi connectivity index (χ2n) is 17.1. The lowest BCUT2D eigenvalue weighted by atomic mass is 9.42. The molecule has 1 heterocycles. The van der Waals surface area contributed by atoms with E-state index in [1.165, 1.54) is 21.1 Å². The molecule has 3 unspecified atom stereocenters. The average Bonchev–Trinajstić information content (AvgIpc) is 4.08. The largest absolute Gasteiger partial charge is 0.469 e. The van der Waals surface area contributed by atoms with E-state index in [1.807, 2.05) is 6.92 Å².